The molecule has 2 aromatic heterocycles. The molecule has 20 heavy (non-hydrogen) atoms. The Labute approximate surface area is 117 Å². The third-order valence-electron chi connectivity index (χ3n) is 2.78. The summed E-state index contributed by atoms with van der Waals surface area (Å²) in [5, 5.41) is 9.88. The first-order chi connectivity index (χ1) is 9.65. The van der Waals surface area contributed by atoms with Crippen LogP contribution in [0.25, 0.3) is 11.0 Å². The molecule has 0 aliphatic rings. The van der Waals surface area contributed by atoms with Crippen molar-refractivity contribution < 1.29 is 8.78 Å². The number of hydrogen-bond donors (Lipinski definition) is 2. The number of H-pyrrole nitrogens is 1. The highest BCUT2D eigenvalue weighted by Crippen LogP contribution is 2.21. The number of aromatic nitrogens is 4. The van der Waals surface area contributed by atoms with Gasteiger partial charge in [-0.1, -0.05) is 11.6 Å². The molecule has 0 aliphatic heterocycles. The summed E-state index contributed by atoms with van der Waals surface area (Å²) in [6, 6.07) is 2.00. The number of benzene rings is 1. The number of nitrogens with one attached hydrogen (secondary N) is 2. The third-order valence-corrected chi connectivity index (χ3v) is 3.07. The van der Waals surface area contributed by atoms with Crippen LogP contribution in [0.15, 0.2) is 24.7 Å². The molecule has 2 heterocycles. The number of halogens is 3. The van der Waals surface area contributed by atoms with Crippen molar-refractivity contribution in [2.24, 2.45) is 0 Å². The minimum atomic E-state index is -0.666. The van der Waals surface area contributed by atoms with Crippen LogP contribution in [-0.4, -0.2) is 20.2 Å². The van der Waals surface area contributed by atoms with Gasteiger partial charge in [-0.2, -0.15) is 5.10 Å². The van der Waals surface area contributed by atoms with Crippen LogP contribution in [0.2, 0.25) is 5.02 Å². The van der Waals surface area contributed by atoms with E-state index in [-0.39, 0.29) is 17.1 Å². The fraction of sp³-hybridized carbons (Fsp3) is 0.0833. The fourth-order valence-electron chi connectivity index (χ4n) is 1.78. The second-order valence-corrected chi connectivity index (χ2v) is 4.47. The third kappa shape index (κ3) is 2.27. The van der Waals surface area contributed by atoms with Gasteiger partial charge in [0.15, 0.2) is 5.65 Å². The van der Waals surface area contributed by atoms with E-state index in [1.54, 1.807) is 6.20 Å². The standard InChI is InChI=1S/C12H8ClF2N5/c13-8-2-9(14)6(1-10(8)15)3-16-11-7-4-19-20-12(7)18-5-17-11/h1-2,4-5H,3H2,(H2,16,17,18,19,20). The molecule has 0 bridgehead atoms. The SMILES string of the molecule is Fc1cc(CNc2ncnc3[nH]ncc23)c(F)cc1Cl. The molecule has 8 heteroatoms. The van der Waals surface area contributed by atoms with E-state index in [1.807, 2.05) is 0 Å². The van der Waals surface area contributed by atoms with Crippen LogP contribution in [0.4, 0.5) is 14.6 Å². The molecule has 0 fully saturated rings. The minimum absolute atomic E-state index is 0.0667. The average molecular weight is 296 g/mol. The zero-order valence-electron chi connectivity index (χ0n) is 9.99. The van der Waals surface area contributed by atoms with Gasteiger partial charge in [0.2, 0.25) is 0 Å². The molecule has 0 saturated heterocycles. The second kappa shape index (κ2) is 5.01. The molecule has 3 rings (SSSR count). The maximum absolute atomic E-state index is 13.6. The molecule has 5 nitrogen and oxygen atoms in total. The van der Waals surface area contributed by atoms with E-state index < -0.39 is 11.6 Å². The summed E-state index contributed by atoms with van der Waals surface area (Å²) in [4.78, 5) is 8.02. The Morgan fingerprint density at radius 2 is 2.05 bits per heavy atom. The normalized spacial score (nSPS) is 10.9. The van der Waals surface area contributed by atoms with Crippen LogP contribution in [0, 0.1) is 11.6 Å². The summed E-state index contributed by atoms with van der Waals surface area (Å²) in [5.74, 6) is -0.763. The lowest BCUT2D eigenvalue weighted by molar-refractivity contribution is 0.588. The molecule has 2 N–H and O–H groups in total. The van der Waals surface area contributed by atoms with Crippen molar-refractivity contribution in [3.63, 3.8) is 0 Å². The lowest BCUT2D eigenvalue weighted by Gasteiger charge is -2.08. The first-order valence-corrected chi connectivity index (χ1v) is 6.04. The van der Waals surface area contributed by atoms with Crippen LogP contribution in [0.1, 0.15) is 5.56 Å². The molecule has 0 aliphatic carbocycles. The first kappa shape index (κ1) is 12.7. The van der Waals surface area contributed by atoms with Gasteiger partial charge in [-0.05, 0) is 12.1 Å². The van der Waals surface area contributed by atoms with Gasteiger partial charge in [-0.3, -0.25) is 5.10 Å². The van der Waals surface area contributed by atoms with Gasteiger partial charge in [-0.25, -0.2) is 18.7 Å². The van der Waals surface area contributed by atoms with Crippen LogP contribution in [-0.2, 0) is 6.54 Å². The van der Waals surface area contributed by atoms with Crippen molar-refractivity contribution >= 4 is 28.5 Å². The molecule has 0 saturated carbocycles. The number of anilines is 1. The van der Waals surface area contributed by atoms with E-state index in [0.29, 0.717) is 16.9 Å². The van der Waals surface area contributed by atoms with Crippen molar-refractivity contribution in [3.05, 3.63) is 46.9 Å². The van der Waals surface area contributed by atoms with Gasteiger partial charge >= 0.3 is 0 Å². The Balaban J connectivity index is 1.86. The highest BCUT2D eigenvalue weighted by molar-refractivity contribution is 6.30. The van der Waals surface area contributed by atoms with E-state index in [9.17, 15) is 8.78 Å². The number of nitrogens with zero attached hydrogens (tertiary/aromatic N) is 3. The van der Waals surface area contributed by atoms with Gasteiger partial charge in [0, 0.05) is 12.1 Å². The molecular formula is C12H8ClF2N5. The van der Waals surface area contributed by atoms with E-state index in [4.69, 9.17) is 11.6 Å². The van der Waals surface area contributed by atoms with Gasteiger partial charge in [0.05, 0.1) is 16.6 Å². The second-order valence-electron chi connectivity index (χ2n) is 4.07. The summed E-state index contributed by atoms with van der Waals surface area (Å²) < 4.78 is 27.0. The number of hydrogen-bond acceptors (Lipinski definition) is 4. The Kier molecular flexibility index (Phi) is 3.19. The van der Waals surface area contributed by atoms with Gasteiger partial charge in [0.1, 0.15) is 23.8 Å². The molecular weight excluding hydrogens is 288 g/mol. The van der Waals surface area contributed by atoms with Crippen molar-refractivity contribution in [3.8, 4) is 0 Å². The smallest absolute Gasteiger partial charge is 0.160 e. The Morgan fingerprint density at radius 3 is 2.90 bits per heavy atom. The van der Waals surface area contributed by atoms with Crippen LogP contribution < -0.4 is 5.32 Å². The summed E-state index contributed by atoms with van der Waals surface area (Å²) in [5.41, 5.74) is 0.715. The van der Waals surface area contributed by atoms with Gasteiger partial charge in [0.25, 0.3) is 0 Å². The zero-order chi connectivity index (χ0) is 14.1. The maximum atomic E-state index is 13.6. The Hall–Kier alpha value is -2.28. The maximum Gasteiger partial charge on any atom is 0.160 e. The van der Waals surface area contributed by atoms with E-state index in [2.05, 4.69) is 25.5 Å². The number of rotatable bonds is 3. The quantitative estimate of drug-likeness (QED) is 0.729. The molecule has 0 radical (unpaired) electrons. The van der Waals surface area contributed by atoms with Crippen molar-refractivity contribution in [2.45, 2.75) is 6.54 Å². The fourth-order valence-corrected chi connectivity index (χ4v) is 1.93. The van der Waals surface area contributed by atoms with E-state index >= 15 is 0 Å². The predicted octanol–water partition coefficient (Wildman–Crippen LogP) is 2.90. The first-order valence-electron chi connectivity index (χ1n) is 5.66. The van der Waals surface area contributed by atoms with E-state index in [1.165, 1.54) is 6.33 Å². The summed E-state index contributed by atoms with van der Waals surface area (Å²) >= 11 is 5.50. The average Bonchev–Trinajstić information content (AvgIpc) is 2.90. The number of fused-ring (bicyclic) bond motifs is 1. The largest absolute Gasteiger partial charge is 0.365 e. The Morgan fingerprint density at radius 1 is 1.20 bits per heavy atom. The van der Waals surface area contributed by atoms with Crippen molar-refractivity contribution in [1.82, 2.24) is 20.2 Å². The lowest BCUT2D eigenvalue weighted by atomic mass is 10.2. The van der Waals surface area contributed by atoms with Crippen LogP contribution >= 0.6 is 11.6 Å². The van der Waals surface area contributed by atoms with Crippen molar-refractivity contribution in [2.75, 3.05) is 5.32 Å². The van der Waals surface area contributed by atoms with Crippen LogP contribution in [0.3, 0.4) is 0 Å². The molecule has 0 spiro atoms. The predicted molar refractivity (Wildman–Crippen MR) is 70.4 cm³/mol. The Bertz CT molecular complexity index is 774. The summed E-state index contributed by atoms with van der Waals surface area (Å²) in [6.45, 7) is 0.0667. The monoisotopic (exact) mass is 295 g/mol. The lowest BCUT2D eigenvalue weighted by Crippen LogP contribution is -2.04. The summed E-state index contributed by atoms with van der Waals surface area (Å²) in [6.07, 6.45) is 2.90. The highest BCUT2D eigenvalue weighted by Gasteiger charge is 2.10. The topological polar surface area (TPSA) is 66.5 Å². The zero-order valence-corrected chi connectivity index (χ0v) is 10.7. The number of aromatic amines is 1. The highest BCUT2D eigenvalue weighted by atomic mass is 35.5. The molecule has 0 atom stereocenters. The van der Waals surface area contributed by atoms with Gasteiger partial charge < -0.3 is 5.32 Å². The van der Waals surface area contributed by atoms with Crippen LogP contribution in [0.5, 0.6) is 0 Å². The molecule has 0 unspecified atom stereocenters. The van der Waals surface area contributed by atoms with E-state index in [0.717, 1.165) is 12.1 Å². The molecule has 0 amide bonds. The molecule has 1 aromatic carbocycles. The van der Waals surface area contributed by atoms with Gasteiger partial charge in [-0.15, -0.1) is 0 Å². The van der Waals surface area contributed by atoms with Crippen molar-refractivity contribution in [1.29, 1.82) is 0 Å². The minimum Gasteiger partial charge on any atom is -0.365 e. The molecule has 3 aromatic rings. The molecule has 102 valence electrons. The summed E-state index contributed by atoms with van der Waals surface area (Å²) in [7, 11) is 0.